The van der Waals surface area contributed by atoms with Gasteiger partial charge in [-0.05, 0) is 48.0 Å². The highest BCUT2D eigenvalue weighted by atomic mass is 35.5. The van der Waals surface area contributed by atoms with E-state index in [1.54, 1.807) is 12.1 Å². The molecule has 1 aromatic heterocycles. The highest BCUT2D eigenvalue weighted by Crippen LogP contribution is 2.40. The quantitative estimate of drug-likeness (QED) is 0.326. The monoisotopic (exact) mass is 552 g/mol. The predicted octanol–water partition coefficient (Wildman–Crippen LogP) is 5.41. The standard InChI is InChI=1S/C24H13Cl2F3N2.CH4O3S/c25-15-5-7-21-17(9-15)19(11-30-21)23(13-1-3-14(4-2-13)24(27,28)29)20-12-31-22-8-6-16(26)10-18(20)22;1-5(2,3)4/h1-12,30H;1H3,(H,2,3,4). The van der Waals surface area contributed by atoms with Gasteiger partial charge in [-0.15, -0.1) is 0 Å². The van der Waals surface area contributed by atoms with Gasteiger partial charge in [0.15, 0.2) is 6.21 Å². The van der Waals surface area contributed by atoms with Gasteiger partial charge in [-0.25, -0.2) is 13.4 Å². The van der Waals surface area contributed by atoms with Crippen LogP contribution in [0.2, 0.25) is 10.0 Å². The maximum Gasteiger partial charge on any atom is 0.416 e. The molecule has 0 spiro atoms. The Morgan fingerprint density at radius 3 is 2.22 bits per heavy atom. The van der Waals surface area contributed by atoms with Crippen LogP contribution in [0.4, 0.5) is 18.9 Å². The lowest BCUT2D eigenvalue weighted by atomic mass is 9.89. The summed E-state index contributed by atoms with van der Waals surface area (Å²) in [6.07, 6.45) is -0.108. The van der Waals surface area contributed by atoms with E-state index in [0.29, 0.717) is 21.9 Å². The molecule has 1 aliphatic heterocycles. The first-order valence-electron chi connectivity index (χ1n) is 10.3. The molecule has 0 bridgehead atoms. The average molecular weight is 553 g/mol. The van der Waals surface area contributed by atoms with Gasteiger partial charge >= 0.3 is 6.18 Å². The van der Waals surface area contributed by atoms with Gasteiger partial charge in [0.1, 0.15) is 0 Å². The summed E-state index contributed by atoms with van der Waals surface area (Å²) in [5, 5.41) is 2.02. The first-order valence-corrected chi connectivity index (χ1v) is 12.9. The third-order valence-corrected chi connectivity index (χ3v) is 5.80. The lowest BCUT2D eigenvalue weighted by Gasteiger charge is -2.12. The zero-order chi connectivity index (χ0) is 26.3. The van der Waals surface area contributed by atoms with E-state index < -0.39 is 21.9 Å². The maximum atomic E-state index is 13.1. The third-order valence-electron chi connectivity index (χ3n) is 5.33. The van der Waals surface area contributed by atoms with Gasteiger partial charge in [-0.1, -0.05) is 35.3 Å². The first-order chi connectivity index (χ1) is 16.8. The molecular weight excluding hydrogens is 536 g/mol. The van der Waals surface area contributed by atoms with Crippen molar-refractivity contribution in [3.8, 4) is 0 Å². The van der Waals surface area contributed by atoms with Crippen molar-refractivity contribution in [2.45, 2.75) is 6.18 Å². The number of nitrogens with one attached hydrogen (secondary N) is 2. The SMILES string of the molecule is CS(=O)(=O)[O-].FC(F)(F)c1ccc(C(=C2C=[NH+]c3ccc(Cl)cc32)c2c[nH]c3ccc(Cl)cc23)cc1. The molecule has 0 aliphatic carbocycles. The van der Waals surface area contributed by atoms with Crippen LogP contribution < -0.4 is 4.99 Å². The van der Waals surface area contributed by atoms with Gasteiger partial charge in [0, 0.05) is 50.6 Å². The normalized spacial score (nSPS) is 14.4. The van der Waals surface area contributed by atoms with Crippen molar-refractivity contribution in [3.63, 3.8) is 0 Å². The summed E-state index contributed by atoms with van der Waals surface area (Å²) in [6, 6.07) is 16.2. The number of aromatic nitrogens is 1. The second-order valence-electron chi connectivity index (χ2n) is 7.94. The van der Waals surface area contributed by atoms with E-state index in [9.17, 15) is 13.2 Å². The molecule has 0 amide bonds. The summed E-state index contributed by atoms with van der Waals surface area (Å²) in [7, 11) is -3.92. The van der Waals surface area contributed by atoms with Crippen molar-refractivity contribution in [3.05, 3.63) is 99.2 Å². The van der Waals surface area contributed by atoms with Crippen LogP contribution in [-0.2, 0) is 16.3 Å². The zero-order valence-corrected chi connectivity index (χ0v) is 20.8. The van der Waals surface area contributed by atoms with Gasteiger partial charge in [0.2, 0.25) is 5.69 Å². The summed E-state index contributed by atoms with van der Waals surface area (Å²) in [5.41, 5.74) is 5.02. The highest BCUT2D eigenvalue weighted by molar-refractivity contribution is 7.84. The van der Waals surface area contributed by atoms with Crippen molar-refractivity contribution in [1.82, 2.24) is 4.98 Å². The molecule has 186 valence electrons. The van der Waals surface area contributed by atoms with Gasteiger partial charge in [0.25, 0.3) is 0 Å². The van der Waals surface area contributed by atoms with Crippen LogP contribution in [0.1, 0.15) is 22.3 Å². The number of hydrogen-bond donors (Lipinski definition) is 2. The molecule has 0 saturated heterocycles. The summed E-state index contributed by atoms with van der Waals surface area (Å²) in [6.45, 7) is 0. The Kier molecular flexibility index (Phi) is 7.03. The number of hydrogen-bond acceptors (Lipinski definition) is 3. The summed E-state index contributed by atoms with van der Waals surface area (Å²) in [4.78, 5) is 6.45. The smallest absolute Gasteiger partial charge is 0.416 e. The summed E-state index contributed by atoms with van der Waals surface area (Å²) >= 11 is 12.5. The maximum absolute atomic E-state index is 13.1. The van der Waals surface area contributed by atoms with E-state index in [2.05, 4.69) is 9.98 Å². The number of H-pyrrole nitrogens is 1. The lowest BCUT2D eigenvalue weighted by molar-refractivity contribution is -0.342. The Bertz CT molecular complexity index is 1620. The largest absolute Gasteiger partial charge is 0.748 e. The van der Waals surface area contributed by atoms with Crippen LogP contribution in [0, 0.1) is 0 Å². The van der Waals surface area contributed by atoms with Crippen LogP contribution in [0.3, 0.4) is 0 Å². The number of allylic oxidation sites excluding steroid dienone is 1. The van der Waals surface area contributed by atoms with Gasteiger partial charge in [-0.2, -0.15) is 13.2 Å². The fourth-order valence-corrected chi connectivity index (χ4v) is 4.23. The van der Waals surface area contributed by atoms with E-state index >= 15 is 0 Å². The Labute approximate surface area is 214 Å². The Balaban J connectivity index is 0.000000556. The predicted molar refractivity (Wildman–Crippen MR) is 134 cm³/mol. The molecule has 1 aliphatic rings. The molecule has 4 aromatic rings. The number of benzene rings is 3. The molecule has 0 fully saturated rings. The first kappa shape index (κ1) is 26.0. The number of fused-ring (bicyclic) bond motifs is 2. The van der Waals surface area contributed by atoms with Crippen LogP contribution in [0.15, 0.2) is 66.9 Å². The molecule has 5 rings (SSSR count). The van der Waals surface area contributed by atoms with E-state index in [1.807, 2.05) is 36.7 Å². The molecule has 0 radical (unpaired) electrons. The highest BCUT2D eigenvalue weighted by Gasteiger charge is 2.31. The summed E-state index contributed by atoms with van der Waals surface area (Å²) < 4.78 is 66.6. The molecule has 36 heavy (non-hydrogen) atoms. The van der Waals surface area contributed by atoms with Gasteiger partial charge in [0.05, 0.1) is 26.8 Å². The molecule has 0 unspecified atom stereocenters. The Hall–Kier alpha value is -3.11. The lowest BCUT2D eigenvalue weighted by Crippen LogP contribution is -2.58. The van der Waals surface area contributed by atoms with Gasteiger partial charge in [-0.3, -0.25) is 0 Å². The number of alkyl halides is 3. The van der Waals surface area contributed by atoms with Crippen molar-refractivity contribution < 1.29 is 31.1 Å². The molecule has 5 nitrogen and oxygen atoms in total. The number of aromatic amines is 1. The molecule has 0 saturated carbocycles. The summed E-state index contributed by atoms with van der Waals surface area (Å²) in [5.74, 6) is 0. The van der Waals surface area contributed by atoms with E-state index in [4.69, 9.17) is 36.2 Å². The fraction of sp³-hybridized carbons (Fsp3) is 0.0800. The molecule has 0 atom stereocenters. The zero-order valence-electron chi connectivity index (χ0n) is 18.5. The molecular formula is C25H17Cl2F3N2O3S. The second-order valence-corrected chi connectivity index (χ2v) is 10.2. The van der Waals surface area contributed by atoms with Crippen LogP contribution in [0.5, 0.6) is 0 Å². The van der Waals surface area contributed by atoms with Crippen molar-refractivity contribution in [1.29, 1.82) is 0 Å². The minimum atomic E-state index is -4.40. The molecule has 3 aromatic carbocycles. The minimum Gasteiger partial charge on any atom is -0.748 e. The van der Waals surface area contributed by atoms with Crippen molar-refractivity contribution in [2.24, 2.45) is 0 Å². The topological polar surface area (TPSA) is 87.0 Å². The van der Waals surface area contributed by atoms with Crippen LogP contribution in [0.25, 0.3) is 22.0 Å². The molecule has 2 N–H and O–H groups in total. The number of halogens is 5. The number of rotatable bonds is 2. The van der Waals surface area contributed by atoms with Gasteiger partial charge < -0.3 is 9.54 Å². The fourth-order valence-electron chi connectivity index (χ4n) is 3.88. The second kappa shape index (κ2) is 9.74. The van der Waals surface area contributed by atoms with Crippen LogP contribution >= 0.6 is 23.2 Å². The van der Waals surface area contributed by atoms with E-state index in [1.165, 1.54) is 12.1 Å². The minimum absolute atomic E-state index is 0.571. The van der Waals surface area contributed by atoms with Crippen molar-refractivity contribution >= 4 is 67.3 Å². The molecule has 2 heterocycles. The third kappa shape index (κ3) is 5.82. The van der Waals surface area contributed by atoms with E-state index in [0.717, 1.165) is 51.0 Å². The Morgan fingerprint density at radius 2 is 1.58 bits per heavy atom. The van der Waals surface area contributed by atoms with Crippen LogP contribution in [-0.4, -0.2) is 30.4 Å². The Morgan fingerprint density at radius 1 is 0.972 bits per heavy atom. The van der Waals surface area contributed by atoms with Crippen molar-refractivity contribution in [2.75, 3.05) is 6.26 Å². The molecule has 11 heteroatoms. The van der Waals surface area contributed by atoms with E-state index in [-0.39, 0.29) is 0 Å². The average Bonchev–Trinajstić information content (AvgIpc) is 3.37.